The van der Waals surface area contributed by atoms with Crippen LogP contribution in [0.1, 0.15) is 0 Å². The van der Waals surface area contributed by atoms with Crippen molar-refractivity contribution in [2.75, 3.05) is 11.3 Å². The fourth-order valence-electron chi connectivity index (χ4n) is 1.52. The molecule has 0 saturated carbocycles. The Morgan fingerprint density at radius 2 is 2.30 bits per heavy atom. The SMILES string of the molecule is Cn1cc(S(=O)(=O)Nc2cccc(OCC#N)c2)cn1. The van der Waals surface area contributed by atoms with E-state index in [4.69, 9.17) is 10.00 Å². The van der Waals surface area contributed by atoms with Crippen molar-refractivity contribution >= 4 is 15.7 Å². The highest BCUT2D eigenvalue weighted by atomic mass is 32.2. The first kappa shape index (κ1) is 13.9. The highest BCUT2D eigenvalue weighted by molar-refractivity contribution is 7.92. The highest BCUT2D eigenvalue weighted by Crippen LogP contribution is 2.20. The normalized spacial score (nSPS) is 10.8. The molecule has 0 saturated heterocycles. The molecule has 0 aliphatic heterocycles. The quantitative estimate of drug-likeness (QED) is 0.890. The van der Waals surface area contributed by atoms with Gasteiger partial charge in [-0.3, -0.25) is 9.40 Å². The van der Waals surface area contributed by atoms with Gasteiger partial charge in [-0.1, -0.05) is 6.07 Å². The lowest BCUT2D eigenvalue weighted by Gasteiger charge is -2.08. The minimum absolute atomic E-state index is 0.0725. The third-order valence-electron chi connectivity index (χ3n) is 2.38. The number of anilines is 1. The van der Waals surface area contributed by atoms with Crippen LogP contribution in [0.25, 0.3) is 0 Å². The van der Waals surface area contributed by atoms with Gasteiger partial charge in [-0.25, -0.2) is 8.42 Å². The Kier molecular flexibility index (Phi) is 3.91. The van der Waals surface area contributed by atoms with Gasteiger partial charge in [-0.2, -0.15) is 10.4 Å². The number of hydrogen-bond acceptors (Lipinski definition) is 5. The van der Waals surface area contributed by atoms with Crippen molar-refractivity contribution in [2.24, 2.45) is 7.05 Å². The summed E-state index contributed by atoms with van der Waals surface area (Å²) in [7, 11) is -2.05. The molecule has 0 bridgehead atoms. The van der Waals surface area contributed by atoms with Crippen LogP contribution in [0, 0.1) is 11.3 Å². The summed E-state index contributed by atoms with van der Waals surface area (Å²) in [6.45, 7) is -0.0984. The van der Waals surface area contributed by atoms with Crippen molar-refractivity contribution in [3.8, 4) is 11.8 Å². The number of ether oxygens (including phenoxy) is 1. The molecule has 1 N–H and O–H groups in total. The van der Waals surface area contributed by atoms with Gasteiger partial charge >= 0.3 is 0 Å². The Morgan fingerprint density at radius 3 is 2.95 bits per heavy atom. The number of benzene rings is 1. The molecule has 0 spiro atoms. The molecule has 2 rings (SSSR count). The summed E-state index contributed by atoms with van der Waals surface area (Å²) in [5.41, 5.74) is 0.351. The monoisotopic (exact) mass is 292 g/mol. The summed E-state index contributed by atoms with van der Waals surface area (Å²) in [5.74, 6) is 0.415. The molecule has 0 amide bonds. The second-order valence-electron chi connectivity index (χ2n) is 3.93. The molecule has 8 heteroatoms. The van der Waals surface area contributed by atoms with Gasteiger partial charge in [0, 0.05) is 19.3 Å². The van der Waals surface area contributed by atoms with Gasteiger partial charge in [0.1, 0.15) is 16.7 Å². The standard InChI is InChI=1S/C12H12N4O3S/c1-16-9-12(8-14-16)20(17,18)15-10-3-2-4-11(7-10)19-6-5-13/h2-4,7-9,15H,6H2,1H3. The maximum absolute atomic E-state index is 12.1. The third-order valence-corrected chi connectivity index (χ3v) is 3.72. The lowest BCUT2D eigenvalue weighted by molar-refractivity contribution is 0.368. The van der Waals surface area contributed by atoms with E-state index in [0.29, 0.717) is 11.4 Å². The minimum atomic E-state index is -3.68. The van der Waals surface area contributed by atoms with Crippen LogP contribution in [0.4, 0.5) is 5.69 Å². The van der Waals surface area contributed by atoms with E-state index in [1.165, 1.54) is 23.1 Å². The van der Waals surface area contributed by atoms with Crippen molar-refractivity contribution in [1.29, 1.82) is 5.26 Å². The first-order valence-electron chi connectivity index (χ1n) is 5.62. The van der Waals surface area contributed by atoms with Crippen LogP contribution in [0.2, 0.25) is 0 Å². The maximum atomic E-state index is 12.1. The summed E-state index contributed by atoms with van der Waals surface area (Å²) < 4.78 is 33.1. The van der Waals surface area contributed by atoms with E-state index in [1.54, 1.807) is 25.2 Å². The number of sulfonamides is 1. The number of rotatable bonds is 5. The molecule has 0 fully saturated rings. The van der Waals surface area contributed by atoms with Crippen molar-refractivity contribution in [2.45, 2.75) is 4.90 Å². The molecule has 20 heavy (non-hydrogen) atoms. The molecule has 2 aromatic rings. The van der Waals surface area contributed by atoms with E-state index in [-0.39, 0.29) is 11.5 Å². The second kappa shape index (κ2) is 5.63. The van der Waals surface area contributed by atoms with Gasteiger partial charge < -0.3 is 4.74 Å². The molecule has 0 radical (unpaired) electrons. The summed E-state index contributed by atoms with van der Waals surface area (Å²) in [6.07, 6.45) is 2.66. The van der Waals surface area contributed by atoms with E-state index in [0.717, 1.165) is 0 Å². The van der Waals surface area contributed by atoms with Crippen molar-refractivity contribution in [1.82, 2.24) is 9.78 Å². The smallest absolute Gasteiger partial charge is 0.265 e. The van der Waals surface area contributed by atoms with Crippen LogP contribution in [0.15, 0.2) is 41.6 Å². The highest BCUT2D eigenvalue weighted by Gasteiger charge is 2.16. The third kappa shape index (κ3) is 3.27. The average Bonchev–Trinajstić information content (AvgIpc) is 2.84. The average molecular weight is 292 g/mol. The van der Waals surface area contributed by atoms with E-state index < -0.39 is 10.0 Å². The summed E-state index contributed by atoms with van der Waals surface area (Å²) in [6, 6.07) is 8.21. The number of nitrogens with zero attached hydrogens (tertiary/aromatic N) is 3. The van der Waals surface area contributed by atoms with Gasteiger partial charge in [0.05, 0.1) is 11.9 Å². The first-order valence-corrected chi connectivity index (χ1v) is 7.11. The predicted octanol–water partition coefficient (Wildman–Crippen LogP) is 1.12. The van der Waals surface area contributed by atoms with Gasteiger partial charge in [0.15, 0.2) is 6.61 Å². The molecule has 7 nitrogen and oxygen atoms in total. The molecule has 104 valence electrons. The lowest BCUT2D eigenvalue weighted by atomic mass is 10.3. The summed E-state index contributed by atoms with van der Waals surface area (Å²) >= 11 is 0. The van der Waals surface area contributed by atoms with Crippen molar-refractivity contribution in [3.63, 3.8) is 0 Å². The molecular weight excluding hydrogens is 280 g/mol. The van der Waals surface area contributed by atoms with Crippen LogP contribution in [0.5, 0.6) is 5.75 Å². The molecule has 0 atom stereocenters. The number of aromatic nitrogens is 2. The topological polar surface area (TPSA) is 97.0 Å². The van der Waals surface area contributed by atoms with Gasteiger partial charge in [0.2, 0.25) is 0 Å². The zero-order chi connectivity index (χ0) is 14.6. The molecular formula is C12H12N4O3S. The molecule has 0 aliphatic rings. The Labute approximate surface area is 116 Å². The maximum Gasteiger partial charge on any atom is 0.265 e. The Morgan fingerprint density at radius 1 is 1.50 bits per heavy atom. The molecule has 0 aliphatic carbocycles. The van der Waals surface area contributed by atoms with E-state index in [1.807, 2.05) is 6.07 Å². The van der Waals surface area contributed by atoms with Crippen LogP contribution in [0.3, 0.4) is 0 Å². The summed E-state index contributed by atoms with van der Waals surface area (Å²) in [4.78, 5) is 0.0725. The zero-order valence-electron chi connectivity index (χ0n) is 10.6. The predicted molar refractivity (Wildman–Crippen MR) is 71.6 cm³/mol. The lowest BCUT2D eigenvalue weighted by Crippen LogP contribution is -2.12. The second-order valence-corrected chi connectivity index (χ2v) is 5.61. The molecule has 0 unspecified atom stereocenters. The largest absolute Gasteiger partial charge is 0.479 e. The Balaban J connectivity index is 2.19. The first-order chi connectivity index (χ1) is 9.51. The van der Waals surface area contributed by atoms with E-state index in [2.05, 4.69) is 9.82 Å². The number of aryl methyl sites for hydroxylation is 1. The van der Waals surface area contributed by atoms with Gasteiger partial charge in [-0.15, -0.1) is 0 Å². The van der Waals surface area contributed by atoms with Crippen molar-refractivity contribution < 1.29 is 13.2 Å². The van der Waals surface area contributed by atoms with Crippen LogP contribution in [-0.2, 0) is 17.1 Å². The number of nitriles is 1. The Hall–Kier alpha value is -2.53. The molecule has 1 heterocycles. The fourth-order valence-corrected chi connectivity index (χ4v) is 2.55. The number of hydrogen-bond donors (Lipinski definition) is 1. The fraction of sp³-hybridized carbons (Fsp3) is 0.167. The minimum Gasteiger partial charge on any atom is -0.479 e. The van der Waals surface area contributed by atoms with Crippen LogP contribution in [-0.4, -0.2) is 24.8 Å². The Bertz CT molecular complexity index is 746. The van der Waals surface area contributed by atoms with Crippen LogP contribution >= 0.6 is 0 Å². The van der Waals surface area contributed by atoms with E-state index in [9.17, 15) is 8.42 Å². The molecule has 1 aromatic carbocycles. The summed E-state index contributed by atoms with van der Waals surface area (Å²) in [5, 5.41) is 12.3. The number of nitrogens with one attached hydrogen (secondary N) is 1. The van der Waals surface area contributed by atoms with E-state index >= 15 is 0 Å². The van der Waals surface area contributed by atoms with Gasteiger partial charge in [0.25, 0.3) is 10.0 Å². The molecule has 1 aromatic heterocycles. The van der Waals surface area contributed by atoms with Gasteiger partial charge in [-0.05, 0) is 12.1 Å². The zero-order valence-corrected chi connectivity index (χ0v) is 11.5. The van der Waals surface area contributed by atoms with Crippen LogP contribution < -0.4 is 9.46 Å². The van der Waals surface area contributed by atoms with Crippen molar-refractivity contribution in [3.05, 3.63) is 36.7 Å².